The van der Waals surface area contributed by atoms with Crippen LogP contribution in [0.4, 0.5) is 0 Å². The van der Waals surface area contributed by atoms with Crippen molar-refractivity contribution in [3.8, 4) is 0 Å². The van der Waals surface area contributed by atoms with Crippen molar-refractivity contribution in [1.82, 2.24) is 9.80 Å². The third-order valence-electron chi connectivity index (χ3n) is 13.7. The van der Waals surface area contributed by atoms with Gasteiger partial charge in [0.2, 0.25) is 0 Å². The van der Waals surface area contributed by atoms with Gasteiger partial charge in [-0.25, -0.2) is 0 Å². The molecule has 4 heterocycles. The van der Waals surface area contributed by atoms with Crippen molar-refractivity contribution in [2.24, 2.45) is 29.6 Å². The smallest absolute Gasteiger partial charge is 0.311 e. The first-order chi connectivity index (χ1) is 26.2. The number of morpholine rings is 1. The van der Waals surface area contributed by atoms with E-state index in [0.29, 0.717) is 19.6 Å². The van der Waals surface area contributed by atoms with Crippen LogP contribution in [0.15, 0.2) is 0 Å². The number of esters is 1. The lowest BCUT2D eigenvalue weighted by molar-refractivity contribution is -0.314. The molecule has 0 spiro atoms. The summed E-state index contributed by atoms with van der Waals surface area (Å²) in [5.74, 6) is -3.78. The van der Waals surface area contributed by atoms with E-state index in [-0.39, 0.29) is 36.8 Å². The predicted octanol–water partition coefficient (Wildman–Crippen LogP) is 3.66. The second-order valence-corrected chi connectivity index (χ2v) is 18.0. The van der Waals surface area contributed by atoms with Crippen LogP contribution in [0.25, 0.3) is 0 Å². The van der Waals surface area contributed by atoms with Gasteiger partial charge in [0.15, 0.2) is 12.6 Å². The summed E-state index contributed by atoms with van der Waals surface area (Å²) in [6, 6.07) is -0.0720. The van der Waals surface area contributed by atoms with Crippen LogP contribution in [0.5, 0.6) is 0 Å². The van der Waals surface area contributed by atoms with E-state index in [1.807, 2.05) is 55.6 Å². The molecule has 0 bridgehead atoms. The number of carbonyl (C=O) groups is 2. The van der Waals surface area contributed by atoms with E-state index < -0.39 is 96.0 Å². The molecule has 2 N–H and O–H groups in total. The third-order valence-corrected chi connectivity index (χ3v) is 13.7. The summed E-state index contributed by atoms with van der Waals surface area (Å²) in [4.78, 5) is 33.1. The van der Waals surface area contributed by atoms with Crippen molar-refractivity contribution in [1.29, 1.82) is 0 Å². The minimum atomic E-state index is -1.11. The van der Waals surface area contributed by atoms with E-state index in [0.717, 1.165) is 19.5 Å². The van der Waals surface area contributed by atoms with Gasteiger partial charge in [-0.05, 0) is 68.0 Å². The van der Waals surface area contributed by atoms with Crippen LogP contribution in [-0.2, 0) is 47.5 Å². The van der Waals surface area contributed by atoms with Crippen molar-refractivity contribution in [2.75, 3.05) is 54.6 Å². The molecule has 0 aromatic heterocycles. The fourth-order valence-corrected chi connectivity index (χ4v) is 9.88. The Morgan fingerprint density at radius 3 is 2.05 bits per heavy atom. The normalized spacial score (nSPS) is 47.0. The van der Waals surface area contributed by atoms with E-state index in [4.69, 9.17) is 37.9 Å². The fourth-order valence-electron chi connectivity index (χ4n) is 9.88. The number of nitrogens with zero attached hydrogens (tertiary/aromatic N) is 2. The number of likely N-dealkylation sites (N-methyl/N-ethyl adjacent to an activating group) is 1. The molecule has 0 aromatic carbocycles. The van der Waals surface area contributed by atoms with Crippen LogP contribution in [0.3, 0.4) is 0 Å². The van der Waals surface area contributed by atoms with Crippen molar-refractivity contribution in [3.05, 3.63) is 0 Å². The minimum Gasteiger partial charge on any atom is -0.462 e. The Morgan fingerprint density at radius 1 is 0.857 bits per heavy atom. The molecule has 18 atom stereocenters. The number of carbonyl (C=O) groups excluding carboxylic acids is 2. The highest BCUT2D eigenvalue weighted by Crippen LogP contribution is 2.42. The molecule has 14 heteroatoms. The largest absolute Gasteiger partial charge is 0.462 e. The molecule has 4 aliphatic rings. The van der Waals surface area contributed by atoms with Gasteiger partial charge in [0.05, 0.1) is 66.9 Å². The summed E-state index contributed by atoms with van der Waals surface area (Å²) >= 11 is 0. The van der Waals surface area contributed by atoms with Crippen LogP contribution < -0.4 is 0 Å². The molecular weight excluding hydrogens is 724 g/mol. The number of rotatable bonds is 9. The van der Waals surface area contributed by atoms with Gasteiger partial charge in [0.1, 0.15) is 18.0 Å². The zero-order valence-corrected chi connectivity index (χ0v) is 36.8. The maximum absolute atomic E-state index is 14.4. The Hall–Kier alpha value is -1.30. The van der Waals surface area contributed by atoms with Crippen molar-refractivity contribution in [2.45, 2.75) is 174 Å². The first-order valence-electron chi connectivity index (χ1n) is 21.0. The highest BCUT2D eigenvalue weighted by atomic mass is 16.7. The molecule has 0 amide bonds. The number of hydrogen-bond donors (Lipinski definition) is 2. The van der Waals surface area contributed by atoms with E-state index in [1.165, 1.54) is 0 Å². The lowest BCUT2D eigenvalue weighted by Crippen LogP contribution is -2.65. The Kier molecular flexibility index (Phi) is 16.8. The summed E-state index contributed by atoms with van der Waals surface area (Å²) in [5, 5.41) is 22.6. The Bertz CT molecular complexity index is 1270. The molecular formula is C42H76N2O12. The van der Waals surface area contributed by atoms with Crippen molar-refractivity contribution in [3.63, 3.8) is 0 Å². The van der Waals surface area contributed by atoms with Crippen LogP contribution in [0.1, 0.15) is 94.9 Å². The molecule has 0 radical (unpaired) electrons. The Labute approximate surface area is 336 Å². The standard InChI is InChI=1S/C42H76N2O12/c1-15-31-25(4)35(46)26(5)34(45)23(2)21-42(10,50-14)38(56-40-33(43(11)12)30(20-24(3)52-40)44-16-18-51-19-17-44)27(6)36(28(7)39(48)54-31)55-32-22-41(9,49-13)37(47)29(8)53-32/h23-33,35-38,40,46-47H,15-22H2,1-14H3/t23-,24-,25+,26+,27+,28-,29+,30-,31-,32+,33+,35+,36+,37+,38-,40+,41-,42+/m1/s1. The average Bonchev–Trinajstić information content (AvgIpc) is 3.17. The number of methoxy groups -OCH3 is 2. The third kappa shape index (κ3) is 10.3. The topological polar surface area (TPSA) is 155 Å². The summed E-state index contributed by atoms with van der Waals surface area (Å²) in [7, 11) is 7.23. The minimum absolute atomic E-state index is 0.109. The number of Topliss-reactive ketones (excluding diaryl/α,β-unsaturated/α-hetero) is 1. The molecule has 326 valence electrons. The van der Waals surface area contributed by atoms with Gasteiger partial charge in [0, 0.05) is 63.4 Å². The lowest BCUT2D eigenvalue weighted by atomic mass is 9.74. The van der Waals surface area contributed by atoms with Crippen LogP contribution in [0.2, 0.25) is 0 Å². The van der Waals surface area contributed by atoms with Gasteiger partial charge < -0.3 is 53.0 Å². The molecule has 56 heavy (non-hydrogen) atoms. The first kappa shape index (κ1) is 47.4. The molecule has 0 aliphatic carbocycles. The maximum atomic E-state index is 14.4. The van der Waals surface area contributed by atoms with Gasteiger partial charge in [-0.15, -0.1) is 0 Å². The van der Waals surface area contributed by atoms with E-state index in [9.17, 15) is 19.8 Å². The molecule has 0 saturated carbocycles. The predicted molar refractivity (Wildman–Crippen MR) is 210 cm³/mol. The van der Waals surface area contributed by atoms with Crippen molar-refractivity contribution < 1.29 is 57.7 Å². The highest BCUT2D eigenvalue weighted by molar-refractivity contribution is 5.83. The number of aliphatic hydroxyl groups excluding tert-OH is 2. The monoisotopic (exact) mass is 801 g/mol. The number of ether oxygens (including phenoxy) is 8. The molecule has 4 fully saturated rings. The van der Waals surface area contributed by atoms with Gasteiger partial charge in [-0.1, -0.05) is 34.6 Å². The maximum Gasteiger partial charge on any atom is 0.311 e. The van der Waals surface area contributed by atoms with Crippen LogP contribution >= 0.6 is 0 Å². The van der Waals surface area contributed by atoms with Gasteiger partial charge in [-0.3, -0.25) is 14.5 Å². The van der Waals surface area contributed by atoms with E-state index >= 15 is 0 Å². The SMILES string of the molecule is CC[C@H]1OC(=O)[C@H](C)[C@@H](O[C@H]2C[C@@](C)(OC)[C@@H](O)[C@H](C)O2)[C@H](C)[C@@H](O[C@@H]2O[C@H](C)C[C@@H](N3CCOCC3)[C@@H]2N(C)C)[C@@](C)(OC)C[C@@H](C)C(=O)[C@H](C)[C@@H](O)[C@H]1C. The highest BCUT2D eigenvalue weighted by Gasteiger charge is 2.53. The number of cyclic esters (lactones) is 1. The Balaban J connectivity index is 1.86. The summed E-state index contributed by atoms with van der Waals surface area (Å²) in [5.41, 5.74) is -2.09. The molecule has 4 rings (SSSR count). The molecule has 14 nitrogen and oxygen atoms in total. The fraction of sp³-hybridized carbons (Fsp3) is 0.952. The van der Waals surface area contributed by atoms with Crippen molar-refractivity contribution >= 4 is 11.8 Å². The van der Waals surface area contributed by atoms with E-state index in [2.05, 4.69) is 16.7 Å². The van der Waals surface area contributed by atoms with Crippen LogP contribution in [0, 0.1) is 29.6 Å². The summed E-state index contributed by atoms with van der Waals surface area (Å²) in [6.45, 7) is 21.6. The molecule has 4 saturated heterocycles. The second-order valence-electron chi connectivity index (χ2n) is 18.0. The summed E-state index contributed by atoms with van der Waals surface area (Å²) in [6.07, 6.45) is -4.87. The van der Waals surface area contributed by atoms with Gasteiger partial charge in [0.25, 0.3) is 0 Å². The lowest BCUT2D eigenvalue weighted by Gasteiger charge is -2.52. The number of hydrogen-bond acceptors (Lipinski definition) is 14. The zero-order valence-electron chi connectivity index (χ0n) is 36.8. The Morgan fingerprint density at radius 2 is 1.48 bits per heavy atom. The first-order valence-corrected chi connectivity index (χ1v) is 21.0. The summed E-state index contributed by atoms with van der Waals surface area (Å²) < 4.78 is 51.4. The molecule has 0 unspecified atom stereocenters. The number of aliphatic hydroxyl groups is 2. The molecule has 0 aromatic rings. The van der Waals surface area contributed by atoms with E-state index in [1.54, 1.807) is 35.0 Å². The van der Waals surface area contributed by atoms with Crippen LogP contribution in [-0.4, -0.2) is 165 Å². The average molecular weight is 801 g/mol. The van der Waals surface area contributed by atoms with Gasteiger partial charge >= 0.3 is 5.97 Å². The molecule has 4 aliphatic heterocycles. The zero-order chi connectivity index (χ0) is 41.9. The number of ketones is 1. The second kappa shape index (κ2) is 19.8. The quantitative estimate of drug-likeness (QED) is 0.326. The van der Waals surface area contributed by atoms with Gasteiger partial charge in [-0.2, -0.15) is 0 Å².